The molecule has 0 radical (unpaired) electrons. The van der Waals surface area contributed by atoms with Crippen LogP contribution in [0, 0.1) is 0 Å². The van der Waals surface area contributed by atoms with Gasteiger partial charge in [-0.05, 0) is 26.5 Å². The molecule has 1 rings (SSSR count). The van der Waals surface area contributed by atoms with E-state index in [1.807, 2.05) is 13.8 Å². The van der Waals surface area contributed by atoms with Crippen LogP contribution in [0.15, 0.2) is 4.99 Å². The predicted octanol–water partition coefficient (Wildman–Crippen LogP) is 0.290. The molecule has 1 aliphatic heterocycles. The van der Waals surface area contributed by atoms with E-state index in [9.17, 15) is 5.11 Å². The van der Waals surface area contributed by atoms with E-state index in [1.165, 1.54) is 0 Å². The smallest absolute Gasteiger partial charge is 0.150 e. The normalized spacial score (nSPS) is 37.1. The first-order chi connectivity index (χ1) is 6.13. The van der Waals surface area contributed by atoms with Gasteiger partial charge in [0.1, 0.15) is 0 Å². The molecule has 1 fully saturated rings. The monoisotopic (exact) mass is 186 g/mol. The van der Waals surface area contributed by atoms with Crippen LogP contribution in [0.2, 0.25) is 0 Å². The van der Waals surface area contributed by atoms with Gasteiger partial charge in [-0.1, -0.05) is 0 Å². The van der Waals surface area contributed by atoms with Crippen molar-refractivity contribution in [3.63, 3.8) is 0 Å². The number of aliphatic hydroxyl groups is 1. The quantitative estimate of drug-likeness (QED) is 0.622. The Balaban J connectivity index is 2.41. The van der Waals surface area contributed by atoms with Crippen LogP contribution in [-0.2, 0) is 4.74 Å². The molecule has 0 spiro atoms. The van der Waals surface area contributed by atoms with Gasteiger partial charge in [-0.2, -0.15) is 0 Å². The fraction of sp³-hybridized carbons (Fsp3) is 0.889. The highest BCUT2D eigenvalue weighted by Gasteiger charge is 2.33. The van der Waals surface area contributed by atoms with Crippen LogP contribution in [-0.4, -0.2) is 35.8 Å². The first-order valence-corrected chi connectivity index (χ1v) is 4.70. The van der Waals surface area contributed by atoms with Gasteiger partial charge in [0.2, 0.25) is 0 Å². The number of hydrogen-bond acceptors (Lipinski definition) is 4. The third kappa shape index (κ3) is 3.06. The molecule has 0 aromatic heterocycles. The molecule has 0 bridgehead atoms. The molecule has 0 amide bonds. The Labute approximate surface area is 78.8 Å². The van der Waals surface area contributed by atoms with Crippen molar-refractivity contribution < 1.29 is 9.84 Å². The second-order valence-electron chi connectivity index (χ2n) is 3.55. The van der Waals surface area contributed by atoms with Crippen LogP contribution >= 0.6 is 0 Å². The summed E-state index contributed by atoms with van der Waals surface area (Å²) in [5, 5.41) is 9.58. The van der Waals surface area contributed by atoms with E-state index in [4.69, 9.17) is 10.5 Å². The fourth-order valence-corrected chi connectivity index (χ4v) is 1.55. The molecule has 1 aliphatic rings. The Bertz CT molecular complexity index is 182. The van der Waals surface area contributed by atoms with Crippen molar-refractivity contribution in [3.8, 4) is 0 Å². The number of aliphatic imine (C=N–C) groups is 1. The highest BCUT2D eigenvalue weighted by molar-refractivity contribution is 5.53. The molecular formula is C9H18N2O2. The van der Waals surface area contributed by atoms with Crippen molar-refractivity contribution >= 4 is 6.21 Å². The summed E-state index contributed by atoms with van der Waals surface area (Å²) in [6.45, 7) is 3.75. The van der Waals surface area contributed by atoms with Crippen LogP contribution in [0.1, 0.15) is 26.7 Å². The zero-order valence-electron chi connectivity index (χ0n) is 8.18. The summed E-state index contributed by atoms with van der Waals surface area (Å²) in [6.07, 6.45) is 2.24. The highest BCUT2D eigenvalue weighted by Crippen LogP contribution is 2.23. The third-order valence-corrected chi connectivity index (χ3v) is 2.12. The van der Waals surface area contributed by atoms with Gasteiger partial charge in [0, 0.05) is 12.5 Å². The standard InChI is InChI=1S/C9H18N2O2/c1-3-11-9-5-7(12)8(13-9)4-6(2)10/h3,6-9,12H,4-5,10H2,1-2H3. The van der Waals surface area contributed by atoms with Crippen molar-refractivity contribution in [2.24, 2.45) is 10.7 Å². The number of rotatable bonds is 3. The van der Waals surface area contributed by atoms with E-state index in [0.717, 1.165) is 0 Å². The summed E-state index contributed by atoms with van der Waals surface area (Å²) < 4.78 is 5.50. The van der Waals surface area contributed by atoms with E-state index in [-0.39, 0.29) is 18.4 Å². The van der Waals surface area contributed by atoms with Gasteiger partial charge in [-0.3, -0.25) is 4.99 Å². The maximum absolute atomic E-state index is 9.58. The molecule has 13 heavy (non-hydrogen) atoms. The Hall–Kier alpha value is -0.450. The van der Waals surface area contributed by atoms with Crippen molar-refractivity contribution in [1.29, 1.82) is 0 Å². The second-order valence-corrected chi connectivity index (χ2v) is 3.55. The lowest BCUT2D eigenvalue weighted by atomic mass is 10.1. The highest BCUT2D eigenvalue weighted by atomic mass is 16.5. The van der Waals surface area contributed by atoms with Crippen LogP contribution in [0.25, 0.3) is 0 Å². The van der Waals surface area contributed by atoms with E-state index >= 15 is 0 Å². The van der Waals surface area contributed by atoms with Gasteiger partial charge in [-0.15, -0.1) is 0 Å². The SMILES string of the molecule is CC=NC1CC(O)C(CC(C)N)O1. The molecule has 4 nitrogen and oxygen atoms in total. The zero-order chi connectivity index (χ0) is 9.84. The van der Waals surface area contributed by atoms with Crippen LogP contribution < -0.4 is 5.73 Å². The first-order valence-electron chi connectivity index (χ1n) is 4.70. The summed E-state index contributed by atoms with van der Waals surface area (Å²) in [6, 6.07) is 0.0593. The minimum atomic E-state index is -0.417. The minimum Gasteiger partial charge on any atom is -0.390 e. The lowest BCUT2D eigenvalue weighted by molar-refractivity contribution is 0.00582. The Morgan fingerprint density at radius 3 is 3.00 bits per heavy atom. The van der Waals surface area contributed by atoms with Crippen molar-refractivity contribution in [1.82, 2.24) is 0 Å². The second kappa shape index (κ2) is 4.69. The maximum atomic E-state index is 9.58. The molecule has 0 aliphatic carbocycles. The molecule has 4 heteroatoms. The van der Waals surface area contributed by atoms with E-state index in [2.05, 4.69) is 4.99 Å². The molecule has 76 valence electrons. The van der Waals surface area contributed by atoms with Gasteiger partial charge < -0.3 is 15.6 Å². The van der Waals surface area contributed by atoms with E-state index < -0.39 is 6.10 Å². The van der Waals surface area contributed by atoms with Crippen molar-refractivity contribution in [3.05, 3.63) is 0 Å². The van der Waals surface area contributed by atoms with Gasteiger partial charge in [-0.25, -0.2) is 0 Å². The van der Waals surface area contributed by atoms with Gasteiger partial charge in [0.15, 0.2) is 6.23 Å². The van der Waals surface area contributed by atoms with Gasteiger partial charge >= 0.3 is 0 Å². The molecule has 4 atom stereocenters. The zero-order valence-corrected chi connectivity index (χ0v) is 8.18. The van der Waals surface area contributed by atoms with Crippen molar-refractivity contribution in [2.75, 3.05) is 0 Å². The summed E-state index contributed by atoms with van der Waals surface area (Å²) >= 11 is 0. The summed E-state index contributed by atoms with van der Waals surface area (Å²) in [7, 11) is 0. The molecule has 1 heterocycles. The molecule has 4 unspecified atom stereocenters. The molecule has 1 saturated heterocycles. The lowest BCUT2D eigenvalue weighted by Crippen LogP contribution is -2.29. The number of aliphatic hydroxyl groups excluding tert-OH is 1. The molecular weight excluding hydrogens is 168 g/mol. The number of hydrogen-bond donors (Lipinski definition) is 2. The molecule has 0 aromatic carbocycles. The molecule has 0 saturated carbocycles. The number of ether oxygens (including phenoxy) is 1. The van der Waals surface area contributed by atoms with Crippen LogP contribution in [0.3, 0.4) is 0 Å². The summed E-state index contributed by atoms with van der Waals surface area (Å²) in [4.78, 5) is 4.08. The number of nitrogens with zero attached hydrogens (tertiary/aromatic N) is 1. The van der Waals surface area contributed by atoms with Crippen LogP contribution in [0.5, 0.6) is 0 Å². The van der Waals surface area contributed by atoms with Crippen LogP contribution in [0.4, 0.5) is 0 Å². The van der Waals surface area contributed by atoms with E-state index in [0.29, 0.717) is 12.8 Å². The number of nitrogens with two attached hydrogens (primary N) is 1. The average molecular weight is 186 g/mol. The topological polar surface area (TPSA) is 67.8 Å². The third-order valence-electron chi connectivity index (χ3n) is 2.12. The van der Waals surface area contributed by atoms with Gasteiger partial charge in [0.05, 0.1) is 12.2 Å². The molecule has 3 N–H and O–H groups in total. The Morgan fingerprint density at radius 2 is 2.46 bits per heavy atom. The van der Waals surface area contributed by atoms with Gasteiger partial charge in [0.25, 0.3) is 0 Å². The predicted molar refractivity (Wildman–Crippen MR) is 51.7 cm³/mol. The Morgan fingerprint density at radius 1 is 1.77 bits per heavy atom. The Kier molecular flexibility index (Phi) is 3.84. The summed E-state index contributed by atoms with van der Waals surface area (Å²) in [5.41, 5.74) is 5.62. The minimum absolute atomic E-state index is 0.0593. The largest absolute Gasteiger partial charge is 0.390 e. The summed E-state index contributed by atoms with van der Waals surface area (Å²) in [5.74, 6) is 0. The molecule has 0 aromatic rings. The first kappa shape index (κ1) is 10.6. The fourth-order valence-electron chi connectivity index (χ4n) is 1.55. The van der Waals surface area contributed by atoms with Crippen molar-refractivity contribution in [2.45, 2.75) is 51.2 Å². The average Bonchev–Trinajstić information content (AvgIpc) is 2.31. The maximum Gasteiger partial charge on any atom is 0.150 e. The van der Waals surface area contributed by atoms with E-state index in [1.54, 1.807) is 6.21 Å². The lowest BCUT2D eigenvalue weighted by Gasteiger charge is -2.15.